The first kappa shape index (κ1) is 10.7. The Balaban J connectivity index is 2.24. The monoisotopic (exact) mass is 239 g/mol. The van der Waals surface area contributed by atoms with Crippen LogP contribution >= 0.6 is 0 Å². The lowest BCUT2D eigenvalue weighted by molar-refractivity contribution is 0.628. The van der Waals surface area contributed by atoms with Crippen LogP contribution in [0, 0.1) is 5.82 Å². The Morgan fingerprint density at radius 2 is 1.61 bits per heavy atom. The standard InChI is InChI=1S/C14H10FN3/c15-10-7-5-9(6-8-10)14-13(16)11-3-1-2-4-12(11)17-18-14/h1-8H,(H2,16,17). The highest BCUT2D eigenvalue weighted by Gasteiger charge is 2.09. The molecule has 0 atom stereocenters. The van der Waals surface area contributed by atoms with Gasteiger partial charge >= 0.3 is 0 Å². The second-order valence-corrected chi connectivity index (χ2v) is 3.99. The van der Waals surface area contributed by atoms with Crippen LogP contribution < -0.4 is 5.73 Å². The molecule has 1 heterocycles. The summed E-state index contributed by atoms with van der Waals surface area (Å²) in [4.78, 5) is 0. The molecular formula is C14H10FN3. The van der Waals surface area contributed by atoms with Gasteiger partial charge in [0.15, 0.2) is 0 Å². The SMILES string of the molecule is Nc1c(-c2ccc(F)cc2)nnc2ccccc12. The summed E-state index contributed by atoms with van der Waals surface area (Å²) in [5.74, 6) is -0.286. The van der Waals surface area contributed by atoms with Crippen molar-refractivity contribution in [3.8, 4) is 11.3 Å². The fourth-order valence-electron chi connectivity index (χ4n) is 1.89. The maximum Gasteiger partial charge on any atom is 0.123 e. The van der Waals surface area contributed by atoms with Gasteiger partial charge in [0.05, 0.1) is 11.2 Å². The number of aromatic nitrogens is 2. The molecule has 0 spiro atoms. The highest BCUT2D eigenvalue weighted by molar-refractivity contribution is 5.96. The molecule has 3 rings (SSSR count). The van der Waals surface area contributed by atoms with E-state index >= 15 is 0 Å². The van der Waals surface area contributed by atoms with Gasteiger partial charge in [0.2, 0.25) is 0 Å². The predicted molar refractivity (Wildman–Crippen MR) is 69.3 cm³/mol. The van der Waals surface area contributed by atoms with Gasteiger partial charge in [-0.2, -0.15) is 0 Å². The van der Waals surface area contributed by atoms with Gasteiger partial charge in [-0.15, -0.1) is 10.2 Å². The molecule has 0 radical (unpaired) electrons. The number of rotatable bonds is 1. The van der Waals surface area contributed by atoms with Gasteiger partial charge in [-0.25, -0.2) is 4.39 Å². The second kappa shape index (κ2) is 4.07. The third-order valence-electron chi connectivity index (χ3n) is 2.82. The maximum absolute atomic E-state index is 12.9. The zero-order chi connectivity index (χ0) is 12.5. The molecule has 0 aliphatic heterocycles. The van der Waals surface area contributed by atoms with E-state index in [1.165, 1.54) is 12.1 Å². The van der Waals surface area contributed by atoms with Crippen LogP contribution in [-0.2, 0) is 0 Å². The molecule has 4 heteroatoms. The number of hydrogen-bond acceptors (Lipinski definition) is 3. The molecule has 0 fully saturated rings. The van der Waals surface area contributed by atoms with Crippen molar-refractivity contribution >= 4 is 16.6 Å². The summed E-state index contributed by atoms with van der Waals surface area (Å²) in [5, 5.41) is 9.08. The van der Waals surface area contributed by atoms with E-state index in [4.69, 9.17) is 5.73 Å². The lowest BCUT2D eigenvalue weighted by Crippen LogP contribution is -1.97. The van der Waals surface area contributed by atoms with Gasteiger partial charge in [-0.1, -0.05) is 18.2 Å². The molecule has 0 bridgehead atoms. The molecule has 0 unspecified atom stereocenters. The van der Waals surface area contributed by atoms with Crippen molar-refractivity contribution in [1.82, 2.24) is 10.2 Å². The first-order valence-corrected chi connectivity index (χ1v) is 5.52. The van der Waals surface area contributed by atoms with Crippen LogP contribution in [0.5, 0.6) is 0 Å². The normalized spacial score (nSPS) is 10.7. The highest BCUT2D eigenvalue weighted by atomic mass is 19.1. The lowest BCUT2D eigenvalue weighted by Gasteiger charge is -2.06. The summed E-state index contributed by atoms with van der Waals surface area (Å²) >= 11 is 0. The minimum atomic E-state index is -0.286. The lowest BCUT2D eigenvalue weighted by atomic mass is 10.1. The summed E-state index contributed by atoms with van der Waals surface area (Å²) in [6.45, 7) is 0. The number of anilines is 1. The summed E-state index contributed by atoms with van der Waals surface area (Å²) in [6, 6.07) is 13.6. The van der Waals surface area contributed by atoms with Crippen LogP contribution in [0.2, 0.25) is 0 Å². The summed E-state index contributed by atoms with van der Waals surface area (Å²) in [6.07, 6.45) is 0. The molecule has 3 aromatic rings. The molecule has 1 aromatic heterocycles. The quantitative estimate of drug-likeness (QED) is 0.710. The average Bonchev–Trinajstić information content (AvgIpc) is 2.41. The average molecular weight is 239 g/mol. The smallest absolute Gasteiger partial charge is 0.123 e. The number of nitrogen functional groups attached to an aromatic ring is 1. The van der Waals surface area contributed by atoms with Crippen LogP contribution in [0.15, 0.2) is 48.5 Å². The minimum Gasteiger partial charge on any atom is -0.396 e. The van der Waals surface area contributed by atoms with Gasteiger partial charge in [0, 0.05) is 10.9 Å². The molecule has 0 amide bonds. The Morgan fingerprint density at radius 3 is 2.39 bits per heavy atom. The van der Waals surface area contributed by atoms with E-state index in [0.29, 0.717) is 11.4 Å². The number of halogens is 1. The molecule has 0 aliphatic carbocycles. The Kier molecular flexibility index (Phi) is 2.41. The summed E-state index contributed by atoms with van der Waals surface area (Å²) in [7, 11) is 0. The molecule has 0 saturated heterocycles. The van der Waals surface area contributed by atoms with Crippen molar-refractivity contribution in [2.45, 2.75) is 0 Å². The van der Waals surface area contributed by atoms with Gasteiger partial charge in [-0.05, 0) is 30.3 Å². The van der Waals surface area contributed by atoms with E-state index in [2.05, 4.69) is 10.2 Å². The molecule has 18 heavy (non-hydrogen) atoms. The zero-order valence-corrected chi connectivity index (χ0v) is 9.47. The molecular weight excluding hydrogens is 229 g/mol. The van der Waals surface area contributed by atoms with E-state index in [0.717, 1.165) is 16.5 Å². The molecule has 2 N–H and O–H groups in total. The fraction of sp³-hybridized carbons (Fsp3) is 0. The van der Waals surface area contributed by atoms with Crippen LogP contribution in [-0.4, -0.2) is 10.2 Å². The van der Waals surface area contributed by atoms with E-state index in [1.807, 2.05) is 24.3 Å². The Bertz CT molecular complexity index is 708. The minimum absolute atomic E-state index is 0.286. The number of hydrogen-bond donors (Lipinski definition) is 1. The zero-order valence-electron chi connectivity index (χ0n) is 9.47. The van der Waals surface area contributed by atoms with Crippen LogP contribution in [0.3, 0.4) is 0 Å². The van der Waals surface area contributed by atoms with E-state index in [-0.39, 0.29) is 5.82 Å². The van der Waals surface area contributed by atoms with E-state index in [9.17, 15) is 4.39 Å². The maximum atomic E-state index is 12.9. The Labute approximate surface area is 103 Å². The summed E-state index contributed by atoms with van der Waals surface area (Å²) < 4.78 is 12.9. The largest absolute Gasteiger partial charge is 0.396 e. The van der Waals surface area contributed by atoms with Crippen molar-refractivity contribution < 1.29 is 4.39 Å². The third kappa shape index (κ3) is 1.68. The van der Waals surface area contributed by atoms with Gasteiger partial charge in [0.1, 0.15) is 11.5 Å². The van der Waals surface area contributed by atoms with Crippen molar-refractivity contribution in [1.29, 1.82) is 0 Å². The number of nitrogens with zero attached hydrogens (tertiary/aromatic N) is 2. The van der Waals surface area contributed by atoms with E-state index in [1.54, 1.807) is 12.1 Å². The number of nitrogens with two attached hydrogens (primary N) is 1. The molecule has 88 valence electrons. The van der Waals surface area contributed by atoms with Crippen molar-refractivity contribution in [2.24, 2.45) is 0 Å². The number of benzene rings is 2. The first-order valence-electron chi connectivity index (χ1n) is 5.52. The Hall–Kier alpha value is -2.49. The topological polar surface area (TPSA) is 51.8 Å². The van der Waals surface area contributed by atoms with Crippen molar-refractivity contribution in [3.05, 3.63) is 54.3 Å². The van der Waals surface area contributed by atoms with Crippen LogP contribution in [0.25, 0.3) is 22.2 Å². The fourth-order valence-corrected chi connectivity index (χ4v) is 1.89. The van der Waals surface area contributed by atoms with Crippen molar-refractivity contribution in [2.75, 3.05) is 5.73 Å². The van der Waals surface area contributed by atoms with Crippen LogP contribution in [0.1, 0.15) is 0 Å². The molecule has 3 nitrogen and oxygen atoms in total. The van der Waals surface area contributed by atoms with Gasteiger partial charge in [-0.3, -0.25) is 0 Å². The van der Waals surface area contributed by atoms with Gasteiger partial charge in [0.25, 0.3) is 0 Å². The Morgan fingerprint density at radius 1 is 0.889 bits per heavy atom. The third-order valence-corrected chi connectivity index (χ3v) is 2.82. The van der Waals surface area contributed by atoms with Gasteiger partial charge < -0.3 is 5.73 Å². The van der Waals surface area contributed by atoms with Crippen molar-refractivity contribution in [3.63, 3.8) is 0 Å². The number of fused-ring (bicyclic) bond motifs is 1. The molecule has 0 saturated carbocycles. The summed E-state index contributed by atoms with van der Waals surface area (Å²) in [5.41, 5.74) is 8.74. The predicted octanol–water partition coefficient (Wildman–Crippen LogP) is 3.02. The van der Waals surface area contributed by atoms with Crippen LogP contribution in [0.4, 0.5) is 10.1 Å². The van der Waals surface area contributed by atoms with E-state index < -0.39 is 0 Å². The second-order valence-electron chi connectivity index (χ2n) is 3.99. The molecule has 0 aliphatic rings. The molecule has 2 aromatic carbocycles. The highest BCUT2D eigenvalue weighted by Crippen LogP contribution is 2.28. The first-order chi connectivity index (χ1) is 8.75.